The topological polar surface area (TPSA) is 46.4 Å². The molecule has 0 spiro atoms. The first-order valence-corrected chi connectivity index (χ1v) is 7.67. The van der Waals surface area contributed by atoms with Crippen molar-refractivity contribution >= 4 is 17.4 Å². The van der Waals surface area contributed by atoms with Gasteiger partial charge in [-0.1, -0.05) is 12.1 Å². The minimum Gasteiger partial charge on any atom is -0.310 e. The third-order valence-corrected chi connectivity index (χ3v) is 4.07. The highest BCUT2D eigenvalue weighted by molar-refractivity contribution is 5.97. The van der Waals surface area contributed by atoms with Gasteiger partial charge in [-0.2, -0.15) is 0 Å². The van der Waals surface area contributed by atoms with Crippen molar-refractivity contribution in [3.05, 3.63) is 54.0 Å². The van der Waals surface area contributed by atoms with Crippen molar-refractivity contribution in [1.82, 2.24) is 9.38 Å². The highest BCUT2D eigenvalue weighted by Crippen LogP contribution is 2.33. The van der Waals surface area contributed by atoms with E-state index in [1.54, 1.807) is 12.1 Å². The molecule has 0 bridgehead atoms. The van der Waals surface area contributed by atoms with Gasteiger partial charge in [0.1, 0.15) is 23.0 Å². The van der Waals surface area contributed by atoms with Gasteiger partial charge in [0.15, 0.2) is 0 Å². The fraction of sp³-hybridized carbons (Fsp3) is 0.222. The second kappa shape index (κ2) is 5.19. The quantitative estimate of drug-likeness (QED) is 0.800. The van der Waals surface area contributed by atoms with E-state index < -0.39 is 0 Å². The van der Waals surface area contributed by atoms with Gasteiger partial charge in [-0.3, -0.25) is 9.20 Å². The SMILES string of the molecule is Cc1ccn2c(NC(=O)C3CC3)c(-c3cccc(F)c3)nc2c1. The number of imidazole rings is 1. The van der Waals surface area contributed by atoms with Gasteiger partial charge in [0, 0.05) is 17.7 Å². The summed E-state index contributed by atoms with van der Waals surface area (Å²) in [5, 5.41) is 2.97. The molecule has 2 heterocycles. The molecule has 2 aromatic heterocycles. The molecule has 1 N–H and O–H groups in total. The number of fused-ring (bicyclic) bond motifs is 1. The van der Waals surface area contributed by atoms with Crippen LogP contribution in [0.3, 0.4) is 0 Å². The van der Waals surface area contributed by atoms with Crippen LogP contribution in [0.15, 0.2) is 42.6 Å². The number of aromatic nitrogens is 2. The van der Waals surface area contributed by atoms with Crippen LogP contribution in [0.1, 0.15) is 18.4 Å². The summed E-state index contributed by atoms with van der Waals surface area (Å²) in [6, 6.07) is 10.2. The number of rotatable bonds is 3. The molecule has 116 valence electrons. The predicted octanol–water partition coefficient (Wildman–Crippen LogP) is 3.80. The van der Waals surface area contributed by atoms with Gasteiger partial charge in [0.05, 0.1) is 0 Å². The van der Waals surface area contributed by atoms with Crippen molar-refractivity contribution in [2.45, 2.75) is 19.8 Å². The molecule has 1 saturated carbocycles. The smallest absolute Gasteiger partial charge is 0.228 e. The molecular formula is C18H16FN3O. The Labute approximate surface area is 133 Å². The third kappa shape index (κ3) is 2.59. The molecule has 3 aromatic rings. The first-order valence-electron chi connectivity index (χ1n) is 7.67. The number of hydrogen-bond acceptors (Lipinski definition) is 2. The van der Waals surface area contributed by atoms with Crippen LogP contribution < -0.4 is 5.32 Å². The van der Waals surface area contributed by atoms with Crippen molar-refractivity contribution in [1.29, 1.82) is 0 Å². The van der Waals surface area contributed by atoms with E-state index in [9.17, 15) is 9.18 Å². The molecule has 1 aromatic carbocycles. The summed E-state index contributed by atoms with van der Waals surface area (Å²) in [7, 11) is 0. The van der Waals surface area contributed by atoms with E-state index in [0.717, 1.165) is 24.1 Å². The van der Waals surface area contributed by atoms with Gasteiger partial charge in [0.25, 0.3) is 0 Å². The number of nitrogens with one attached hydrogen (secondary N) is 1. The Kier molecular flexibility index (Phi) is 3.15. The van der Waals surface area contributed by atoms with Gasteiger partial charge < -0.3 is 5.32 Å². The summed E-state index contributed by atoms with van der Waals surface area (Å²) >= 11 is 0. The molecule has 4 nitrogen and oxygen atoms in total. The fourth-order valence-electron chi connectivity index (χ4n) is 2.67. The van der Waals surface area contributed by atoms with E-state index in [0.29, 0.717) is 17.1 Å². The Balaban J connectivity index is 1.88. The largest absolute Gasteiger partial charge is 0.310 e. The fourth-order valence-corrected chi connectivity index (χ4v) is 2.67. The van der Waals surface area contributed by atoms with Crippen LogP contribution in [-0.2, 0) is 4.79 Å². The van der Waals surface area contributed by atoms with Crippen molar-refractivity contribution in [3.8, 4) is 11.3 Å². The second-order valence-corrected chi connectivity index (χ2v) is 6.02. The van der Waals surface area contributed by atoms with Crippen LogP contribution >= 0.6 is 0 Å². The molecule has 1 aliphatic carbocycles. The zero-order chi connectivity index (χ0) is 16.0. The number of benzene rings is 1. The molecule has 4 rings (SSSR count). The summed E-state index contributed by atoms with van der Waals surface area (Å²) < 4.78 is 15.4. The van der Waals surface area contributed by atoms with Crippen molar-refractivity contribution in [3.63, 3.8) is 0 Å². The maximum absolute atomic E-state index is 13.6. The zero-order valence-electron chi connectivity index (χ0n) is 12.7. The summed E-state index contributed by atoms with van der Waals surface area (Å²) in [5.74, 6) is 0.370. The molecule has 0 radical (unpaired) electrons. The van der Waals surface area contributed by atoms with Gasteiger partial charge in [-0.05, 0) is 49.6 Å². The van der Waals surface area contributed by atoms with E-state index in [-0.39, 0.29) is 17.6 Å². The van der Waals surface area contributed by atoms with Crippen LogP contribution in [-0.4, -0.2) is 15.3 Å². The van der Waals surface area contributed by atoms with E-state index in [1.807, 2.05) is 29.7 Å². The van der Waals surface area contributed by atoms with Crippen LogP contribution in [0.2, 0.25) is 0 Å². The minimum atomic E-state index is -0.324. The Morgan fingerprint density at radius 3 is 2.87 bits per heavy atom. The maximum Gasteiger partial charge on any atom is 0.228 e. The molecule has 1 fully saturated rings. The normalized spacial score (nSPS) is 14.2. The predicted molar refractivity (Wildman–Crippen MR) is 86.7 cm³/mol. The Morgan fingerprint density at radius 2 is 2.13 bits per heavy atom. The van der Waals surface area contributed by atoms with Crippen LogP contribution in [0, 0.1) is 18.7 Å². The highest BCUT2D eigenvalue weighted by Gasteiger charge is 2.31. The third-order valence-electron chi connectivity index (χ3n) is 4.07. The van der Waals surface area contributed by atoms with E-state index in [2.05, 4.69) is 10.3 Å². The molecular weight excluding hydrogens is 293 g/mol. The van der Waals surface area contributed by atoms with Crippen LogP contribution in [0.5, 0.6) is 0 Å². The minimum absolute atomic E-state index is 0.00466. The van der Waals surface area contributed by atoms with E-state index in [1.165, 1.54) is 12.1 Å². The van der Waals surface area contributed by atoms with Crippen LogP contribution in [0.4, 0.5) is 10.2 Å². The lowest BCUT2D eigenvalue weighted by Crippen LogP contribution is -2.15. The molecule has 0 saturated heterocycles. The number of anilines is 1. The monoisotopic (exact) mass is 309 g/mol. The zero-order valence-corrected chi connectivity index (χ0v) is 12.7. The summed E-state index contributed by atoms with van der Waals surface area (Å²) in [6.07, 6.45) is 3.73. The standard InChI is InChI=1S/C18H16FN3O/c1-11-7-8-22-15(9-11)20-16(13-3-2-4-14(19)10-13)17(22)21-18(23)12-5-6-12/h2-4,7-10,12H,5-6H2,1H3,(H,21,23). The van der Waals surface area contributed by atoms with Gasteiger partial charge in [-0.25, -0.2) is 9.37 Å². The number of amides is 1. The Bertz CT molecular complexity index is 912. The average molecular weight is 309 g/mol. The first kappa shape index (κ1) is 13.9. The lowest BCUT2D eigenvalue weighted by atomic mass is 10.1. The number of carbonyl (C=O) groups excluding carboxylic acids is 1. The lowest BCUT2D eigenvalue weighted by molar-refractivity contribution is -0.117. The number of hydrogen-bond donors (Lipinski definition) is 1. The van der Waals surface area contributed by atoms with Crippen molar-refractivity contribution < 1.29 is 9.18 Å². The van der Waals surface area contributed by atoms with Crippen molar-refractivity contribution in [2.24, 2.45) is 5.92 Å². The van der Waals surface area contributed by atoms with Gasteiger partial charge in [0.2, 0.25) is 5.91 Å². The van der Waals surface area contributed by atoms with Gasteiger partial charge >= 0.3 is 0 Å². The molecule has 5 heteroatoms. The first-order chi connectivity index (χ1) is 11.1. The lowest BCUT2D eigenvalue weighted by Gasteiger charge is -2.07. The van der Waals surface area contributed by atoms with E-state index in [4.69, 9.17) is 0 Å². The number of halogens is 1. The average Bonchev–Trinajstić information content (AvgIpc) is 3.31. The number of pyridine rings is 1. The second-order valence-electron chi connectivity index (χ2n) is 6.02. The Hall–Kier alpha value is -2.69. The molecule has 0 atom stereocenters. The number of aryl methyl sites for hydroxylation is 1. The maximum atomic E-state index is 13.6. The van der Waals surface area contributed by atoms with Crippen LogP contribution in [0.25, 0.3) is 16.9 Å². The Morgan fingerprint density at radius 1 is 1.30 bits per heavy atom. The van der Waals surface area contributed by atoms with Crippen molar-refractivity contribution in [2.75, 3.05) is 5.32 Å². The van der Waals surface area contributed by atoms with E-state index >= 15 is 0 Å². The molecule has 1 amide bonds. The van der Waals surface area contributed by atoms with Gasteiger partial charge in [-0.15, -0.1) is 0 Å². The highest BCUT2D eigenvalue weighted by atomic mass is 19.1. The summed E-state index contributed by atoms with van der Waals surface area (Å²) in [5.41, 5.74) is 3.05. The summed E-state index contributed by atoms with van der Waals surface area (Å²) in [6.45, 7) is 1.99. The molecule has 1 aliphatic rings. The molecule has 23 heavy (non-hydrogen) atoms. The summed E-state index contributed by atoms with van der Waals surface area (Å²) in [4.78, 5) is 16.8. The molecule has 0 unspecified atom stereocenters. The number of nitrogens with zero attached hydrogens (tertiary/aromatic N) is 2. The number of carbonyl (C=O) groups is 1. The molecule has 0 aliphatic heterocycles.